The average molecular weight is 394 g/mol. The molecule has 0 aromatic carbocycles. The molecule has 0 spiro atoms. The number of carbonyl (C=O) groups excluding carboxylic acids is 1. The fourth-order valence-electron chi connectivity index (χ4n) is 3.67. The van der Waals surface area contributed by atoms with Gasteiger partial charge in [-0.05, 0) is 50.1 Å². The monoisotopic (exact) mass is 393 g/mol. The van der Waals surface area contributed by atoms with E-state index in [1.54, 1.807) is 4.90 Å². The van der Waals surface area contributed by atoms with Gasteiger partial charge in [-0.1, -0.05) is 0 Å². The van der Waals surface area contributed by atoms with Crippen LogP contribution in [0.5, 0.6) is 0 Å². The minimum Gasteiger partial charge on any atom is -0.450 e. The second-order valence-corrected chi connectivity index (χ2v) is 8.27. The second-order valence-electron chi connectivity index (χ2n) is 7.27. The average Bonchev–Trinajstić information content (AvgIpc) is 3.14. The van der Waals surface area contributed by atoms with Gasteiger partial charge < -0.3 is 20.7 Å². The number of likely N-dealkylation sites (tertiary alicyclic amines) is 1. The highest BCUT2D eigenvalue weighted by Crippen LogP contribution is 2.25. The molecular formula is C19H31N5O2S. The zero-order valence-corrected chi connectivity index (χ0v) is 17.1. The first kappa shape index (κ1) is 19.9. The minimum absolute atomic E-state index is 0.221. The fourth-order valence-corrected chi connectivity index (χ4v) is 4.56. The highest BCUT2D eigenvalue weighted by molar-refractivity contribution is 7.10. The molecule has 7 nitrogen and oxygen atoms in total. The van der Waals surface area contributed by atoms with Crippen molar-refractivity contribution in [2.45, 2.75) is 51.7 Å². The lowest BCUT2D eigenvalue weighted by atomic mass is 10.1. The van der Waals surface area contributed by atoms with Gasteiger partial charge in [0.1, 0.15) is 0 Å². The molecule has 3 heterocycles. The number of nitrogens with one attached hydrogen (secondary N) is 1. The molecule has 3 rings (SSSR count). The van der Waals surface area contributed by atoms with Crippen molar-refractivity contribution in [3.8, 4) is 0 Å². The van der Waals surface area contributed by atoms with Crippen molar-refractivity contribution in [3.63, 3.8) is 0 Å². The maximum absolute atomic E-state index is 11.7. The molecule has 1 fully saturated rings. The number of hydrogen-bond acceptors (Lipinski definition) is 5. The molecule has 27 heavy (non-hydrogen) atoms. The summed E-state index contributed by atoms with van der Waals surface area (Å²) >= 11 is 1.86. The molecule has 1 atom stereocenters. The van der Waals surface area contributed by atoms with E-state index in [2.05, 4.69) is 33.6 Å². The summed E-state index contributed by atoms with van der Waals surface area (Å²) in [7, 11) is 0. The molecule has 150 valence electrons. The van der Waals surface area contributed by atoms with E-state index in [4.69, 9.17) is 10.5 Å². The van der Waals surface area contributed by atoms with Crippen LogP contribution < -0.4 is 11.1 Å². The van der Waals surface area contributed by atoms with Gasteiger partial charge in [0.05, 0.1) is 13.2 Å². The Morgan fingerprint density at radius 1 is 1.44 bits per heavy atom. The predicted octanol–water partition coefficient (Wildman–Crippen LogP) is 2.02. The Kier molecular flexibility index (Phi) is 6.95. The molecule has 2 aliphatic rings. The van der Waals surface area contributed by atoms with E-state index in [0.717, 1.165) is 32.4 Å². The maximum atomic E-state index is 11.7. The number of piperidine rings is 1. The normalized spacial score (nSPS) is 20.2. The van der Waals surface area contributed by atoms with E-state index in [9.17, 15) is 4.79 Å². The van der Waals surface area contributed by atoms with Crippen LogP contribution in [0.15, 0.2) is 16.4 Å². The van der Waals surface area contributed by atoms with Gasteiger partial charge in [-0.15, -0.1) is 11.3 Å². The number of fused-ring (bicyclic) bond motifs is 1. The van der Waals surface area contributed by atoms with E-state index < -0.39 is 0 Å². The van der Waals surface area contributed by atoms with Crippen LogP contribution in [0.4, 0.5) is 4.79 Å². The van der Waals surface area contributed by atoms with E-state index >= 15 is 0 Å². The van der Waals surface area contributed by atoms with Gasteiger partial charge in [-0.2, -0.15) is 0 Å². The highest BCUT2D eigenvalue weighted by Gasteiger charge is 2.24. The zero-order chi connectivity index (χ0) is 19.2. The number of hydrogen-bond donors (Lipinski definition) is 2. The van der Waals surface area contributed by atoms with Gasteiger partial charge in [-0.3, -0.25) is 9.89 Å². The van der Waals surface area contributed by atoms with Gasteiger partial charge in [0.15, 0.2) is 5.96 Å². The lowest BCUT2D eigenvalue weighted by molar-refractivity contribution is 0.0963. The van der Waals surface area contributed by atoms with Crippen molar-refractivity contribution in [1.82, 2.24) is 15.1 Å². The molecule has 1 aromatic rings. The Balaban J connectivity index is 1.40. The predicted molar refractivity (Wildman–Crippen MR) is 109 cm³/mol. The van der Waals surface area contributed by atoms with E-state index in [1.807, 2.05) is 18.3 Å². The molecule has 0 saturated carbocycles. The van der Waals surface area contributed by atoms with Crippen molar-refractivity contribution < 1.29 is 9.53 Å². The Morgan fingerprint density at radius 2 is 2.22 bits per heavy atom. The van der Waals surface area contributed by atoms with E-state index in [0.29, 0.717) is 38.2 Å². The van der Waals surface area contributed by atoms with E-state index in [1.165, 1.54) is 10.4 Å². The summed E-state index contributed by atoms with van der Waals surface area (Å²) in [5.74, 6) is 0.504. The van der Waals surface area contributed by atoms with Crippen LogP contribution in [-0.4, -0.2) is 66.7 Å². The number of nitrogens with two attached hydrogens (primary N) is 1. The van der Waals surface area contributed by atoms with Crippen LogP contribution in [-0.2, 0) is 17.7 Å². The molecule has 8 heteroatoms. The maximum Gasteiger partial charge on any atom is 0.409 e. The van der Waals surface area contributed by atoms with Gasteiger partial charge >= 0.3 is 6.09 Å². The first-order valence-corrected chi connectivity index (χ1v) is 10.7. The summed E-state index contributed by atoms with van der Waals surface area (Å²) in [4.78, 5) is 22.1. The molecule has 1 amide bonds. The summed E-state index contributed by atoms with van der Waals surface area (Å²) in [6, 6.07) is 2.86. The highest BCUT2D eigenvalue weighted by atomic mass is 32.1. The molecule has 0 bridgehead atoms. The molecule has 0 radical (unpaired) electrons. The smallest absolute Gasteiger partial charge is 0.409 e. The third kappa shape index (κ3) is 5.35. The van der Waals surface area contributed by atoms with Crippen molar-refractivity contribution in [2.75, 3.05) is 32.8 Å². The van der Waals surface area contributed by atoms with Crippen LogP contribution in [0.2, 0.25) is 0 Å². The van der Waals surface area contributed by atoms with E-state index in [-0.39, 0.29) is 12.1 Å². The zero-order valence-electron chi connectivity index (χ0n) is 16.3. The summed E-state index contributed by atoms with van der Waals surface area (Å²) in [5, 5.41) is 5.50. The summed E-state index contributed by atoms with van der Waals surface area (Å²) in [5.41, 5.74) is 7.56. The second kappa shape index (κ2) is 9.41. The van der Waals surface area contributed by atoms with Crippen LogP contribution in [0, 0.1) is 0 Å². The Hall–Kier alpha value is -1.80. The molecule has 1 aromatic heterocycles. The molecule has 2 aliphatic heterocycles. The first-order valence-electron chi connectivity index (χ1n) is 9.84. The number of carbonyl (C=O) groups is 1. The van der Waals surface area contributed by atoms with Crippen molar-refractivity contribution in [1.29, 1.82) is 0 Å². The summed E-state index contributed by atoms with van der Waals surface area (Å²) in [6.45, 7) is 8.63. The van der Waals surface area contributed by atoms with Gasteiger partial charge in [0, 0.05) is 43.1 Å². The van der Waals surface area contributed by atoms with Gasteiger partial charge in [-0.25, -0.2) is 4.79 Å². The number of amides is 1. The molecule has 1 unspecified atom stereocenters. The first-order chi connectivity index (χ1) is 13.1. The number of nitrogens with zero attached hydrogens (tertiary/aromatic N) is 3. The summed E-state index contributed by atoms with van der Waals surface area (Å²) < 4.78 is 5.05. The number of thiophene rings is 1. The lowest BCUT2D eigenvalue weighted by Gasteiger charge is -2.32. The number of ether oxygens (including phenoxy) is 1. The Labute approximate surface area is 165 Å². The molecule has 3 N–H and O–H groups in total. The van der Waals surface area contributed by atoms with Gasteiger partial charge in [0.25, 0.3) is 0 Å². The van der Waals surface area contributed by atoms with Crippen LogP contribution in [0.25, 0.3) is 0 Å². The standard InChI is InChI=1S/C19H31N5O2S/c1-3-26-19(25)23-8-4-16(5-9-23)22-18(20)21-12-14(2)24-10-6-17-15(13-24)7-11-27-17/h7,11,14,16H,3-6,8-10,12-13H2,1-2H3,(H3,20,21,22). The fraction of sp³-hybridized carbons (Fsp3) is 0.684. The topological polar surface area (TPSA) is 83.2 Å². The number of aliphatic imine (C=N–C) groups is 1. The minimum atomic E-state index is -0.221. The van der Waals surface area contributed by atoms with Gasteiger partial charge in [0.2, 0.25) is 0 Å². The molecule has 1 saturated heterocycles. The third-order valence-corrected chi connectivity index (χ3v) is 6.38. The molecule has 0 aliphatic carbocycles. The van der Waals surface area contributed by atoms with Crippen LogP contribution in [0.3, 0.4) is 0 Å². The number of guanidine groups is 1. The Bertz CT molecular complexity index is 654. The van der Waals surface area contributed by atoms with Crippen molar-refractivity contribution in [3.05, 3.63) is 21.9 Å². The van der Waals surface area contributed by atoms with Crippen LogP contribution >= 0.6 is 11.3 Å². The van der Waals surface area contributed by atoms with Crippen molar-refractivity contribution in [2.24, 2.45) is 10.7 Å². The largest absolute Gasteiger partial charge is 0.450 e. The lowest BCUT2D eigenvalue weighted by Crippen LogP contribution is -2.49. The quantitative estimate of drug-likeness (QED) is 0.591. The number of rotatable bonds is 5. The van der Waals surface area contributed by atoms with Crippen molar-refractivity contribution >= 4 is 23.4 Å². The Morgan fingerprint density at radius 3 is 2.96 bits per heavy atom. The molecular weight excluding hydrogens is 362 g/mol. The van der Waals surface area contributed by atoms with Crippen LogP contribution in [0.1, 0.15) is 37.1 Å². The summed E-state index contributed by atoms with van der Waals surface area (Å²) in [6.07, 6.45) is 2.63. The SMILES string of the molecule is CCOC(=O)N1CCC(NC(N)=NCC(C)N2CCc3sccc3C2)CC1. The third-order valence-electron chi connectivity index (χ3n) is 5.36.